The maximum absolute atomic E-state index is 14.4. The van der Waals surface area contributed by atoms with Gasteiger partial charge in [0.2, 0.25) is 0 Å². The molecule has 2 unspecified atom stereocenters. The first-order valence-corrected chi connectivity index (χ1v) is 9.10. The van der Waals surface area contributed by atoms with Crippen LogP contribution in [0.2, 0.25) is 0 Å². The second-order valence-electron chi connectivity index (χ2n) is 5.77. The highest BCUT2D eigenvalue weighted by Gasteiger charge is 2.33. The van der Waals surface area contributed by atoms with Gasteiger partial charge in [0.05, 0.1) is 18.0 Å². The highest BCUT2D eigenvalue weighted by molar-refractivity contribution is 7.94. The summed E-state index contributed by atoms with van der Waals surface area (Å²) in [6.45, 7) is 0.238. The van der Waals surface area contributed by atoms with E-state index in [2.05, 4.69) is 0 Å². The second-order valence-corrected chi connectivity index (χ2v) is 7.77. The molecule has 2 N–H and O–H groups in total. The molecule has 130 valence electrons. The number of cyclic esters (lactones) is 1. The number of benzene rings is 1. The molecule has 2 aliphatic heterocycles. The number of hydrogen-bond donors (Lipinski definition) is 1. The molecule has 0 radical (unpaired) electrons. The molecule has 0 saturated carbocycles. The smallest absolute Gasteiger partial charge is 0.414 e. The zero-order valence-corrected chi connectivity index (χ0v) is 13.4. The zero-order chi connectivity index (χ0) is 17.5. The second kappa shape index (κ2) is 6.14. The molecule has 0 spiro atoms. The first-order valence-electron chi connectivity index (χ1n) is 7.39. The van der Waals surface area contributed by atoms with E-state index in [0.717, 1.165) is 22.4 Å². The van der Waals surface area contributed by atoms with Gasteiger partial charge in [0.1, 0.15) is 17.7 Å². The van der Waals surface area contributed by atoms with Crippen LogP contribution < -0.4 is 10.6 Å². The quantitative estimate of drug-likeness (QED) is 0.888. The summed E-state index contributed by atoms with van der Waals surface area (Å²) < 4.78 is 56.6. The van der Waals surface area contributed by atoms with Crippen molar-refractivity contribution in [2.75, 3.05) is 23.7 Å². The Hall–Kier alpha value is -2.00. The van der Waals surface area contributed by atoms with Gasteiger partial charge in [-0.1, -0.05) is 6.08 Å². The van der Waals surface area contributed by atoms with Crippen molar-refractivity contribution >= 4 is 21.6 Å². The summed E-state index contributed by atoms with van der Waals surface area (Å²) in [7, 11) is -3.29. The highest BCUT2D eigenvalue weighted by atomic mass is 32.2. The van der Waals surface area contributed by atoms with Crippen LogP contribution in [0.1, 0.15) is 17.9 Å². The standard InChI is InChI=1S/C15H16F2N2O4S/c16-12-5-10(19-8-11(7-18)23-15(19)20)6-13(17)14(12)9-1-3-24(21,22)4-2-9/h1,3,5-6,9,11H,2,4,7-8,18H2. The Bertz CT molecular complexity index is 787. The fraction of sp³-hybridized carbons (Fsp3) is 0.400. The van der Waals surface area contributed by atoms with Crippen molar-refractivity contribution in [3.05, 3.63) is 40.8 Å². The molecular weight excluding hydrogens is 342 g/mol. The van der Waals surface area contributed by atoms with Gasteiger partial charge in [-0.25, -0.2) is 22.0 Å². The van der Waals surface area contributed by atoms with Gasteiger partial charge < -0.3 is 10.5 Å². The summed E-state index contributed by atoms with van der Waals surface area (Å²) in [5, 5.41) is 0.984. The highest BCUT2D eigenvalue weighted by Crippen LogP contribution is 2.34. The summed E-state index contributed by atoms with van der Waals surface area (Å²) in [6, 6.07) is 2.10. The predicted octanol–water partition coefficient (Wildman–Crippen LogP) is 1.66. The Morgan fingerprint density at radius 1 is 1.29 bits per heavy atom. The third-order valence-electron chi connectivity index (χ3n) is 4.11. The average molecular weight is 358 g/mol. The number of carbonyl (C=O) groups excluding carboxylic acids is 1. The lowest BCUT2D eigenvalue weighted by atomic mass is 9.95. The van der Waals surface area contributed by atoms with Gasteiger partial charge in [0.25, 0.3) is 0 Å². The van der Waals surface area contributed by atoms with Crippen molar-refractivity contribution in [3.63, 3.8) is 0 Å². The van der Waals surface area contributed by atoms with E-state index < -0.39 is 39.6 Å². The number of anilines is 1. The van der Waals surface area contributed by atoms with E-state index in [1.165, 1.54) is 6.08 Å². The van der Waals surface area contributed by atoms with Crippen LogP contribution in [0.15, 0.2) is 23.6 Å². The van der Waals surface area contributed by atoms with Gasteiger partial charge in [0.15, 0.2) is 9.84 Å². The lowest BCUT2D eigenvalue weighted by molar-refractivity contribution is 0.145. The van der Waals surface area contributed by atoms with Crippen molar-refractivity contribution in [1.82, 2.24) is 0 Å². The molecule has 9 heteroatoms. The molecule has 1 amide bonds. The number of hydrogen-bond acceptors (Lipinski definition) is 5. The van der Waals surface area contributed by atoms with Gasteiger partial charge in [-0.05, 0) is 18.6 Å². The number of rotatable bonds is 3. The molecule has 3 rings (SSSR count). The average Bonchev–Trinajstić information content (AvgIpc) is 2.89. The van der Waals surface area contributed by atoms with E-state index >= 15 is 0 Å². The number of carbonyl (C=O) groups is 1. The van der Waals surface area contributed by atoms with Crippen LogP contribution in [0.3, 0.4) is 0 Å². The maximum atomic E-state index is 14.4. The van der Waals surface area contributed by atoms with Crippen molar-refractivity contribution < 1.29 is 26.7 Å². The minimum atomic E-state index is -3.29. The fourth-order valence-corrected chi connectivity index (χ4v) is 3.99. The Kier molecular flexibility index (Phi) is 4.31. The largest absolute Gasteiger partial charge is 0.443 e. The predicted molar refractivity (Wildman–Crippen MR) is 83.3 cm³/mol. The van der Waals surface area contributed by atoms with E-state index in [1.54, 1.807) is 0 Å². The molecular formula is C15H16F2N2O4S. The van der Waals surface area contributed by atoms with E-state index in [1.807, 2.05) is 0 Å². The molecule has 0 aromatic heterocycles. The molecule has 1 aromatic carbocycles. The van der Waals surface area contributed by atoms with Crippen molar-refractivity contribution in [3.8, 4) is 0 Å². The van der Waals surface area contributed by atoms with Crippen LogP contribution in [0.5, 0.6) is 0 Å². The van der Waals surface area contributed by atoms with E-state index in [0.29, 0.717) is 0 Å². The maximum Gasteiger partial charge on any atom is 0.414 e. The first-order chi connectivity index (χ1) is 11.3. The molecule has 2 aliphatic rings. The van der Waals surface area contributed by atoms with Crippen LogP contribution in [0.25, 0.3) is 0 Å². The SMILES string of the molecule is NCC1CN(c2cc(F)c(C3C=CS(=O)(=O)CC3)c(F)c2)C(=O)O1. The number of allylic oxidation sites excluding steroid dienone is 1. The molecule has 0 bridgehead atoms. The van der Waals surface area contributed by atoms with E-state index in [-0.39, 0.29) is 36.5 Å². The topological polar surface area (TPSA) is 89.7 Å². The molecule has 2 heterocycles. The monoisotopic (exact) mass is 358 g/mol. The summed E-state index contributed by atoms with van der Waals surface area (Å²) >= 11 is 0. The van der Waals surface area contributed by atoms with Crippen LogP contribution in [0, 0.1) is 11.6 Å². The number of sulfone groups is 1. The van der Waals surface area contributed by atoms with Gasteiger partial charge in [-0.15, -0.1) is 0 Å². The number of nitrogens with two attached hydrogens (primary N) is 1. The molecule has 1 saturated heterocycles. The van der Waals surface area contributed by atoms with Gasteiger partial charge in [0, 0.05) is 23.4 Å². The minimum absolute atomic E-state index is 0.0436. The van der Waals surface area contributed by atoms with Crippen LogP contribution >= 0.6 is 0 Å². The third-order valence-corrected chi connectivity index (χ3v) is 5.49. The molecule has 1 aromatic rings. The number of amides is 1. The molecule has 24 heavy (non-hydrogen) atoms. The summed E-state index contributed by atoms with van der Waals surface area (Å²) in [5.74, 6) is -2.48. The Morgan fingerprint density at radius 3 is 2.46 bits per heavy atom. The zero-order valence-electron chi connectivity index (χ0n) is 12.6. The van der Waals surface area contributed by atoms with Gasteiger partial charge in [-0.2, -0.15) is 0 Å². The van der Waals surface area contributed by atoms with Crippen LogP contribution in [0.4, 0.5) is 19.3 Å². The molecule has 1 fully saturated rings. The molecule has 6 nitrogen and oxygen atoms in total. The normalized spacial score (nSPS) is 25.8. The molecule has 2 atom stereocenters. The van der Waals surface area contributed by atoms with Crippen molar-refractivity contribution in [2.24, 2.45) is 5.73 Å². The summed E-state index contributed by atoms with van der Waals surface area (Å²) in [6.07, 6.45) is 0.164. The Balaban J connectivity index is 1.91. The number of ether oxygens (including phenoxy) is 1. The Labute approximate surface area is 137 Å². The first kappa shape index (κ1) is 16.8. The van der Waals surface area contributed by atoms with Crippen molar-refractivity contribution in [1.29, 1.82) is 0 Å². The lowest BCUT2D eigenvalue weighted by Gasteiger charge is -2.20. The van der Waals surface area contributed by atoms with Gasteiger partial charge >= 0.3 is 6.09 Å². The third kappa shape index (κ3) is 3.13. The lowest BCUT2D eigenvalue weighted by Crippen LogP contribution is -2.27. The van der Waals surface area contributed by atoms with E-state index in [9.17, 15) is 22.0 Å². The minimum Gasteiger partial charge on any atom is -0.443 e. The molecule has 0 aliphatic carbocycles. The Morgan fingerprint density at radius 2 is 1.96 bits per heavy atom. The summed E-state index contributed by atoms with van der Waals surface area (Å²) in [4.78, 5) is 12.9. The number of nitrogens with zero attached hydrogens (tertiary/aromatic N) is 1. The van der Waals surface area contributed by atoms with Gasteiger partial charge in [-0.3, -0.25) is 4.90 Å². The fourth-order valence-electron chi connectivity index (χ4n) is 2.85. The van der Waals surface area contributed by atoms with E-state index in [4.69, 9.17) is 10.5 Å². The van der Waals surface area contributed by atoms with Crippen LogP contribution in [-0.4, -0.2) is 39.5 Å². The van der Waals surface area contributed by atoms with Crippen LogP contribution in [-0.2, 0) is 14.6 Å². The summed E-state index contributed by atoms with van der Waals surface area (Å²) in [5.41, 5.74) is 5.27. The number of halogens is 2. The van der Waals surface area contributed by atoms with Crippen molar-refractivity contribution in [2.45, 2.75) is 18.4 Å².